The molecule has 1 heterocycles. The smallest absolute Gasteiger partial charge is 0.0445 e. The van der Waals surface area contributed by atoms with Crippen molar-refractivity contribution in [3.8, 4) is 0 Å². The molecular weight excluding hydrogens is 290 g/mol. The molecule has 0 saturated heterocycles. The number of aromatic nitrogens is 1. The first-order valence-electron chi connectivity index (χ1n) is 5.89. The summed E-state index contributed by atoms with van der Waals surface area (Å²) in [7, 11) is 0. The van der Waals surface area contributed by atoms with E-state index in [0.29, 0.717) is 0 Å². The SMILES string of the molecule is CCN(Cc1cncc(Br)c1)c1cccc(N)c1. The highest BCUT2D eigenvalue weighted by atomic mass is 79.9. The van der Waals surface area contributed by atoms with Gasteiger partial charge in [-0.1, -0.05) is 6.07 Å². The average molecular weight is 306 g/mol. The summed E-state index contributed by atoms with van der Waals surface area (Å²) in [6.07, 6.45) is 3.68. The second-order valence-electron chi connectivity index (χ2n) is 4.12. The fraction of sp³-hybridized carbons (Fsp3) is 0.214. The van der Waals surface area contributed by atoms with E-state index in [1.165, 1.54) is 5.56 Å². The molecule has 1 aromatic carbocycles. The van der Waals surface area contributed by atoms with Crippen molar-refractivity contribution in [1.29, 1.82) is 0 Å². The van der Waals surface area contributed by atoms with E-state index in [1.54, 1.807) is 6.20 Å². The van der Waals surface area contributed by atoms with Gasteiger partial charge in [0.25, 0.3) is 0 Å². The van der Waals surface area contributed by atoms with Gasteiger partial charge in [0.15, 0.2) is 0 Å². The molecule has 0 fully saturated rings. The second kappa shape index (κ2) is 5.87. The van der Waals surface area contributed by atoms with Crippen molar-refractivity contribution >= 4 is 27.3 Å². The zero-order valence-corrected chi connectivity index (χ0v) is 11.9. The van der Waals surface area contributed by atoms with Crippen LogP contribution in [0.2, 0.25) is 0 Å². The van der Waals surface area contributed by atoms with Crippen LogP contribution >= 0.6 is 15.9 Å². The van der Waals surface area contributed by atoms with Gasteiger partial charge in [0.05, 0.1) is 0 Å². The van der Waals surface area contributed by atoms with E-state index in [9.17, 15) is 0 Å². The summed E-state index contributed by atoms with van der Waals surface area (Å²) >= 11 is 3.44. The minimum absolute atomic E-state index is 0.790. The molecule has 2 aromatic rings. The van der Waals surface area contributed by atoms with Gasteiger partial charge in [0.1, 0.15) is 0 Å². The molecule has 94 valence electrons. The third kappa shape index (κ3) is 3.23. The molecule has 0 spiro atoms. The molecule has 0 aliphatic heterocycles. The Morgan fingerprint density at radius 3 is 2.78 bits per heavy atom. The quantitative estimate of drug-likeness (QED) is 0.880. The molecule has 0 amide bonds. The lowest BCUT2D eigenvalue weighted by atomic mass is 10.2. The summed E-state index contributed by atoms with van der Waals surface area (Å²) < 4.78 is 1.00. The Morgan fingerprint density at radius 2 is 2.11 bits per heavy atom. The highest BCUT2D eigenvalue weighted by molar-refractivity contribution is 9.10. The Kier molecular flexibility index (Phi) is 4.20. The van der Waals surface area contributed by atoms with Crippen molar-refractivity contribution in [3.63, 3.8) is 0 Å². The predicted octanol–water partition coefficient (Wildman–Crippen LogP) is 3.45. The van der Waals surface area contributed by atoms with Gasteiger partial charge in [-0.05, 0) is 52.7 Å². The van der Waals surface area contributed by atoms with Crippen molar-refractivity contribution in [2.75, 3.05) is 17.2 Å². The number of nitrogen functional groups attached to an aromatic ring is 1. The second-order valence-corrected chi connectivity index (χ2v) is 5.04. The summed E-state index contributed by atoms with van der Waals surface area (Å²) in [4.78, 5) is 6.45. The monoisotopic (exact) mass is 305 g/mol. The topological polar surface area (TPSA) is 42.2 Å². The van der Waals surface area contributed by atoms with Crippen LogP contribution in [0.15, 0.2) is 47.2 Å². The molecule has 0 atom stereocenters. The Morgan fingerprint density at radius 1 is 1.28 bits per heavy atom. The first-order valence-corrected chi connectivity index (χ1v) is 6.68. The fourth-order valence-corrected chi connectivity index (χ4v) is 2.28. The molecule has 1 aromatic heterocycles. The maximum Gasteiger partial charge on any atom is 0.0445 e. The van der Waals surface area contributed by atoms with Gasteiger partial charge in [-0.15, -0.1) is 0 Å². The zero-order chi connectivity index (χ0) is 13.0. The normalized spacial score (nSPS) is 10.3. The van der Waals surface area contributed by atoms with Gasteiger partial charge in [0.2, 0.25) is 0 Å². The lowest BCUT2D eigenvalue weighted by molar-refractivity contribution is 0.827. The molecule has 2 rings (SSSR count). The molecule has 3 nitrogen and oxygen atoms in total. The maximum absolute atomic E-state index is 5.82. The average Bonchev–Trinajstić information content (AvgIpc) is 2.36. The third-order valence-corrected chi connectivity index (χ3v) is 3.19. The van der Waals surface area contributed by atoms with Gasteiger partial charge in [0, 0.05) is 41.3 Å². The number of nitrogens with zero attached hydrogens (tertiary/aromatic N) is 2. The van der Waals surface area contributed by atoms with Crippen molar-refractivity contribution < 1.29 is 0 Å². The summed E-state index contributed by atoms with van der Waals surface area (Å²) in [5.74, 6) is 0. The molecular formula is C14H16BrN3. The van der Waals surface area contributed by atoms with Crippen LogP contribution in [0.25, 0.3) is 0 Å². The minimum atomic E-state index is 0.790. The van der Waals surface area contributed by atoms with Gasteiger partial charge in [-0.2, -0.15) is 0 Å². The zero-order valence-electron chi connectivity index (χ0n) is 10.3. The number of pyridine rings is 1. The molecule has 2 N–H and O–H groups in total. The lowest BCUT2D eigenvalue weighted by Gasteiger charge is -2.23. The first kappa shape index (κ1) is 12.9. The number of hydrogen-bond acceptors (Lipinski definition) is 3. The molecule has 0 bridgehead atoms. The van der Waals surface area contributed by atoms with Crippen LogP contribution in [0.4, 0.5) is 11.4 Å². The first-order chi connectivity index (χ1) is 8.69. The standard InChI is InChI=1S/C14H16BrN3/c1-2-18(14-5-3-4-13(16)7-14)10-11-6-12(15)9-17-8-11/h3-9H,2,10,16H2,1H3. The van der Waals surface area contributed by atoms with E-state index < -0.39 is 0 Å². The number of anilines is 2. The Hall–Kier alpha value is -1.55. The van der Waals surface area contributed by atoms with Gasteiger partial charge in [-0.25, -0.2) is 0 Å². The number of hydrogen-bond donors (Lipinski definition) is 1. The van der Waals surface area contributed by atoms with Crippen LogP contribution in [0.5, 0.6) is 0 Å². The number of benzene rings is 1. The van der Waals surface area contributed by atoms with Gasteiger partial charge < -0.3 is 10.6 Å². The molecule has 0 radical (unpaired) electrons. The Bertz CT molecular complexity index is 528. The van der Waals surface area contributed by atoms with E-state index in [2.05, 4.69) is 44.9 Å². The molecule has 18 heavy (non-hydrogen) atoms. The van der Waals surface area contributed by atoms with Crippen LogP contribution in [-0.4, -0.2) is 11.5 Å². The number of rotatable bonds is 4. The van der Waals surface area contributed by atoms with E-state index in [-0.39, 0.29) is 0 Å². The van der Waals surface area contributed by atoms with Crippen LogP contribution in [-0.2, 0) is 6.54 Å². The highest BCUT2D eigenvalue weighted by Crippen LogP contribution is 2.20. The van der Waals surface area contributed by atoms with E-state index in [1.807, 2.05) is 24.4 Å². The fourth-order valence-electron chi connectivity index (χ4n) is 1.87. The highest BCUT2D eigenvalue weighted by Gasteiger charge is 2.06. The predicted molar refractivity (Wildman–Crippen MR) is 79.5 cm³/mol. The maximum atomic E-state index is 5.82. The summed E-state index contributed by atoms with van der Waals surface area (Å²) in [5.41, 5.74) is 8.92. The molecule has 0 unspecified atom stereocenters. The lowest BCUT2D eigenvalue weighted by Crippen LogP contribution is -2.22. The summed E-state index contributed by atoms with van der Waals surface area (Å²) in [6, 6.07) is 10.0. The van der Waals surface area contributed by atoms with Gasteiger partial charge >= 0.3 is 0 Å². The molecule has 0 saturated carbocycles. The van der Waals surface area contributed by atoms with Crippen LogP contribution in [0, 0.1) is 0 Å². The van der Waals surface area contributed by atoms with Gasteiger partial charge in [-0.3, -0.25) is 4.98 Å². The Balaban J connectivity index is 2.19. The Labute approximate surface area is 116 Å². The summed E-state index contributed by atoms with van der Waals surface area (Å²) in [6.45, 7) is 3.89. The van der Waals surface area contributed by atoms with Crippen molar-refractivity contribution in [1.82, 2.24) is 4.98 Å². The van der Waals surface area contributed by atoms with Crippen LogP contribution < -0.4 is 10.6 Å². The van der Waals surface area contributed by atoms with E-state index in [0.717, 1.165) is 28.9 Å². The minimum Gasteiger partial charge on any atom is -0.399 e. The molecule has 0 aliphatic carbocycles. The number of nitrogens with two attached hydrogens (primary N) is 1. The van der Waals surface area contributed by atoms with Crippen LogP contribution in [0.1, 0.15) is 12.5 Å². The van der Waals surface area contributed by atoms with Crippen molar-refractivity contribution in [2.45, 2.75) is 13.5 Å². The van der Waals surface area contributed by atoms with Crippen molar-refractivity contribution in [3.05, 3.63) is 52.8 Å². The summed E-state index contributed by atoms with van der Waals surface area (Å²) in [5, 5.41) is 0. The molecule has 0 aliphatic rings. The van der Waals surface area contributed by atoms with E-state index in [4.69, 9.17) is 5.73 Å². The van der Waals surface area contributed by atoms with Crippen LogP contribution in [0.3, 0.4) is 0 Å². The third-order valence-electron chi connectivity index (χ3n) is 2.75. The largest absolute Gasteiger partial charge is 0.399 e. The van der Waals surface area contributed by atoms with Crippen molar-refractivity contribution in [2.24, 2.45) is 0 Å². The van der Waals surface area contributed by atoms with E-state index >= 15 is 0 Å². The number of halogens is 1. The molecule has 4 heteroatoms.